The molecule has 0 aliphatic heterocycles. The molecule has 100 valence electrons. The number of carboxylic acid groups (broad SMARTS) is 1. The largest absolute Gasteiger partial charge is 0.479 e. The lowest BCUT2D eigenvalue weighted by atomic mass is 9.75. The van der Waals surface area contributed by atoms with Crippen LogP contribution >= 0.6 is 0 Å². The van der Waals surface area contributed by atoms with Crippen molar-refractivity contribution in [3.05, 3.63) is 0 Å². The van der Waals surface area contributed by atoms with Crippen molar-refractivity contribution in [2.45, 2.75) is 59.6 Å². The lowest BCUT2D eigenvalue weighted by molar-refractivity contribution is -0.148. The van der Waals surface area contributed by atoms with Gasteiger partial charge in [0, 0.05) is 0 Å². The third-order valence-electron chi connectivity index (χ3n) is 2.68. The Labute approximate surface area is 103 Å². The van der Waals surface area contributed by atoms with Crippen LogP contribution in [0.4, 0.5) is 4.79 Å². The van der Waals surface area contributed by atoms with Gasteiger partial charge in [-0.2, -0.15) is 0 Å². The highest BCUT2D eigenvalue weighted by Crippen LogP contribution is 2.30. The second kappa shape index (κ2) is 4.55. The van der Waals surface area contributed by atoms with Crippen LogP contribution < -0.4 is 5.32 Å². The fourth-order valence-corrected chi connectivity index (χ4v) is 1.07. The molecule has 0 bridgehead atoms. The summed E-state index contributed by atoms with van der Waals surface area (Å²) in [4.78, 5) is 22.9. The van der Waals surface area contributed by atoms with Gasteiger partial charge in [0.15, 0.2) is 0 Å². The van der Waals surface area contributed by atoms with Crippen molar-refractivity contribution in [2.75, 3.05) is 0 Å². The van der Waals surface area contributed by atoms with Crippen molar-refractivity contribution in [3.63, 3.8) is 0 Å². The minimum Gasteiger partial charge on any atom is -0.479 e. The van der Waals surface area contributed by atoms with Crippen LogP contribution in [0.5, 0.6) is 0 Å². The highest BCUT2D eigenvalue weighted by atomic mass is 16.6. The molecule has 0 aliphatic rings. The van der Waals surface area contributed by atoms with Crippen LogP contribution in [-0.2, 0) is 9.53 Å². The zero-order valence-corrected chi connectivity index (χ0v) is 11.7. The van der Waals surface area contributed by atoms with Gasteiger partial charge in [-0.1, -0.05) is 20.8 Å². The molecule has 17 heavy (non-hydrogen) atoms. The van der Waals surface area contributed by atoms with Crippen molar-refractivity contribution in [3.8, 4) is 0 Å². The molecular formula is C12H23NO4. The Morgan fingerprint density at radius 1 is 1.00 bits per heavy atom. The van der Waals surface area contributed by atoms with Crippen LogP contribution in [-0.4, -0.2) is 28.3 Å². The molecule has 0 aromatic carbocycles. The van der Waals surface area contributed by atoms with Crippen LogP contribution in [0.2, 0.25) is 0 Å². The first-order valence-electron chi connectivity index (χ1n) is 5.54. The first-order valence-corrected chi connectivity index (χ1v) is 5.54. The lowest BCUT2D eigenvalue weighted by Crippen LogP contribution is -2.60. The minimum absolute atomic E-state index is 0.629. The van der Waals surface area contributed by atoms with Crippen LogP contribution in [0.25, 0.3) is 0 Å². The van der Waals surface area contributed by atoms with Gasteiger partial charge in [-0.05, 0) is 33.1 Å². The van der Waals surface area contributed by atoms with Crippen molar-refractivity contribution in [2.24, 2.45) is 5.41 Å². The number of rotatable bonds is 2. The van der Waals surface area contributed by atoms with E-state index in [1.165, 1.54) is 6.92 Å². The van der Waals surface area contributed by atoms with Crippen molar-refractivity contribution < 1.29 is 19.4 Å². The molecule has 2 N–H and O–H groups in total. The van der Waals surface area contributed by atoms with Gasteiger partial charge in [-0.15, -0.1) is 0 Å². The van der Waals surface area contributed by atoms with E-state index < -0.39 is 28.6 Å². The van der Waals surface area contributed by atoms with Gasteiger partial charge in [0.05, 0.1) is 0 Å². The molecule has 0 heterocycles. The summed E-state index contributed by atoms with van der Waals surface area (Å²) in [6.07, 6.45) is -0.725. The van der Waals surface area contributed by atoms with Crippen LogP contribution in [0.3, 0.4) is 0 Å². The first-order chi connectivity index (χ1) is 7.29. The summed E-state index contributed by atoms with van der Waals surface area (Å²) >= 11 is 0. The molecule has 0 unspecified atom stereocenters. The molecule has 0 aromatic heterocycles. The predicted octanol–water partition coefficient (Wildman–Crippen LogP) is 2.40. The number of hydrogen-bond acceptors (Lipinski definition) is 3. The molecule has 0 aliphatic carbocycles. The molecule has 0 aromatic rings. The third-order valence-corrected chi connectivity index (χ3v) is 2.68. The molecule has 5 heteroatoms. The summed E-state index contributed by atoms with van der Waals surface area (Å²) < 4.78 is 5.07. The monoisotopic (exact) mass is 245 g/mol. The summed E-state index contributed by atoms with van der Waals surface area (Å²) in [5.41, 5.74) is -2.66. The molecular weight excluding hydrogens is 222 g/mol. The molecule has 0 saturated heterocycles. The van der Waals surface area contributed by atoms with Gasteiger partial charge in [-0.3, -0.25) is 0 Å². The Morgan fingerprint density at radius 2 is 1.41 bits per heavy atom. The molecule has 0 spiro atoms. The maximum atomic E-state index is 11.6. The summed E-state index contributed by atoms with van der Waals surface area (Å²) in [6, 6.07) is 0. The number of amides is 1. The summed E-state index contributed by atoms with van der Waals surface area (Å²) in [5.74, 6) is -1.09. The predicted molar refractivity (Wildman–Crippen MR) is 64.9 cm³/mol. The summed E-state index contributed by atoms with van der Waals surface area (Å²) in [5, 5.41) is 11.7. The van der Waals surface area contributed by atoms with Gasteiger partial charge in [0.1, 0.15) is 11.1 Å². The van der Waals surface area contributed by atoms with E-state index in [9.17, 15) is 14.7 Å². The van der Waals surface area contributed by atoms with Crippen molar-refractivity contribution >= 4 is 12.1 Å². The van der Waals surface area contributed by atoms with Gasteiger partial charge < -0.3 is 15.2 Å². The van der Waals surface area contributed by atoms with E-state index in [2.05, 4.69) is 5.32 Å². The molecule has 0 rings (SSSR count). The van der Waals surface area contributed by atoms with E-state index in [1.54, 1.807) is 41.5 Å². The summed E-state index contributed by atoms with van der Waals surface area (Å²) in [7, 11) is 0. The van der Waals surface area contributed by atoms with Gasteiger partial charge in [-0.25, -0.2) is 9.59 Å². The SMILES string of the molecule is CC(C)(C)OC(=O)N[C@](C)(C(=O)O)C(C)(C)C. The molecule has 5 nitrogen and oxygen atoms in total. The normalized spacial score (nSPS) is 15.9. The number of hydrogen-bond donors (Lipinski definition) is 2. The molecule has 1 amide bonds. The van der Waals surface area contributed by atoms with E-state index >= 15 is 0 Å². The quantitative estimate of drug-likeness (QED) is 0.783. The van der Waals surface area contributed by atoms with E-state index in [0.717, 1.165) is 0 Å². The average molecular weight is 245 g/mol. The number of carbonyl (C=O) groups excluding carboxylic acids is 1. The zero-order chi connectivity index (χ0) is 14.1. The number of nitrogens with one attached hydrogen (secondary N) is 1. The zero-order valence-electron chi connectivity index (χ0n) is 11.7. The Bertz CT molecular complexity index is 311. The standard InChI is InChI=1S/C12H23NO4/c1-10(2,3)12(7,8(14)15)13-9(16)17-11(4,5)6/h1-7H3,(H,13,16)(H,14,15)/t12-/m1/s1. The summed E-state index contributed by atoms with van der Waals surface area (Å²) in [6.45, 7) is 11.9. The highest BCUT2D eigenvalue weighted by Gasteiger charge is 2.46. The fourth-order valence-electron chi connectivity index (χ4n) is 1.07. The number of aliphatic carboxylic acids is 1. The Hall–Kier alpha value is -1.26. The molecule has 1 atom stereocenters. The van der Waals surface area contributed by atoms with E-state index in [-0.39, 0.29) is 0 Å². The van der Waals surface area contributed by atoms with Crippen LogP contribution in [0.15, 0.2) is 0 Å². The van der Waals surface area contributed by atoms with E-state index in [1.807, 2.05) is 0 Å². The van der Waals surface area contributed by atoms with Crippen LogP contribution in [0, 0.1) is 5.41 Å². The van der Waals surface area contributed by atoms with Crippen molar-refractivity contribution in [1.29, 1.82) is 0 Å². The third kappa shape index (κ3) is 4.24. The Morgan fingerprint density at radius 3 is 1.65 bits per heavy atom. The fraction of sp³-hybridized carbons (Fsp3) is 0.833. The van der Waals surface area contributed by atoms with Crippen LogP contribution in [0.1, 0.15) is 48.5 Å². The van der Waals surface area contributed by atoms with Gasteiger partial charge in [0.25, 0.3) is 0 Å². The van der Waals surface area contributed by atoms with Crippen molar-refractivity contribution in [1.82, 2.24) is 5.32 Å². The first kappa shape index (κ1) is 15.7. The maximum Gasteiger partial charge on any atom is 0.408 e. The number of alkyl carbamates (subject to hydrolysis) is 1. The van der Waals surface area contributed by atoms with Gasteiger partial charge >= 0.3 is 12.1 Å². The second-order valence-electron chi connectivity index (χ2n) is 6.31. The molecule has 0 fully saturated rings. The van der Waals surface area contributed by atoms with E-state index in [4.69, 9.17) is 4.74 Å². The lowest BCUT2D eigenvalue weighted by Gasteiger charge is -2.38. The number of ether oxygens (including phenoxy) is 1. The maximum absolute atomic E-state index is 11.6. The Balaban J connectivity index is 4.93. The Kier molecular flexibility index (Phi) is 4.21. The van der Waals surface area contributed by atoms with E-state index in [0.29, 0.717) is 0 Å². The molecule has 0 radical (unpaired) electrons. The van der Waals surface area contributed by atoms with Gasteiger partial charge in [0.2, 0.25) is 0 Å². The minimum atomic E-state index is -1.38. The second-order valence-corrected chi connectivity index (χ2v) is 6.31. The number of carboxylic acids is 1. The molecule has 0 saturated carbocycles. The highest BCUT2D eigenvalue weighted by molar-refractivity contribution is 5.84. The smallest absolute Gasteiger partial charge is 0.408 e. The average Bonchev–Trinajstić information content (AvgIpc) is 1.96. The topological polar surface area (TPSA) is 75.6 Å². The number of carbonyl (C=O) groups is 2.